The lowest BCUT2D eigenvalue weighted by Crippen LogP contribution is -2.47. The molecule has 0 aliphatic carbocycles. The molecule has 1 aromatic heterocycles. The molecule has 0 bridgehead atoms. The maximum atomic E-state index is 12.0. The monoisotopic (exact) mass is 329 g/mol. The van der Waals surface area contributed by atoms with Crippen molar-refractivity contribution in [1.82, 2.24) is 14.8 Å². The Bertz CT molecular complexity index is 455. The molecule has 1 fully saturated rings. The first kappa shape index (κ1) is 20.5. The van der Waals surface area contributed by atoms with Crippen molar-refractivity contribution in [2.24, 2.45) is 0 Å². The van der Waals surface area contributed by atoms with E-state index in [1.165, 1.54) is 5.51 Å². The van der Waals surface area contributed by atoms with Crippen LogP contribution in [-0.2, 0) is 11.2 Å². The fraction of sp³-hybridized carbons (Fsp3) is 0.667. The first-order valence-electron chi connectivity index (χ1n) is 7.70. The van der Waals surface area contributed by atoms with Crippen molar-refractivity contribution in [3.05, 3.63) is 16.1 Å². The molecule has 1 aliphatic rings. The first-order chi connectivity index (χ1) is 10.6. The quantitative estimate of drug-likeness (QED) is 0.920. The molecule has 7 heteroatoms. The van der Waals surface area contributed by atoms with E-state index < -0.39 is 5.97 Å². The van der Waals surface area contributed by atoms with Gasteiger partial charge in [0.25, 0.3) is 0 Å². The van der Waals surface area contributed by atoms with E-state index in [1.807, 2.05) is 34.7 Å². The number of carbonyl (C=O) groups is 2. The van der Waals surface area contributed by atoms with Crippen molar-refractivity contribution in [3.8, 4) is 0 Å². The smallest absolute Gasteiger partial charge is 0.347 e. The molecular formula is C15H27N3O3S. The fourth-order valence-electron chi connectivity index (χ4n) is 1.88. The Hall–Kier alpha value is -1.47. The molecule has 22 heavy (non-hydrogen) atoms. The minimum Gasteiger partial charge on any atom is -0.477 e. The zero-order valence-corrected chi connectivity index (χ0v) is 14.9. The number of nitrogens with zero attached hydrogens (tertiary/aromatic N) is 3. The van der Waals surface area contributed by atoms with Crippen LogP contribution in [0.25, 0.3) is 0 Å². The third-order valence-corrected chi connectivity index (χ3v) is 3.87. The zero-order chi connectivity index (χ0) is 17.1. The number of hydrogen-bond acceptors (Lipinski definition) is 5. The molecule has 1 amide bonds. The van der Waals surface area contributed by atoms with Gasteiger partial charge >= 0.3 is 5.97 Å². The van der Waals surface area contributed by atoms with Gasteiger partial charge in [0, 0.05) is 26.2 Å². The molecule has 0 spiro atoms. The second kappa shape index (κ2) is 11.1. The molecule has 6 nitrogen and oxygen atoms in total. The van der Waals surface area contributed by atoms with Crippen LogP contribution in [0.3, 0.4) is 0 Å². The number of carboxylic acid groups (broad SMARTS) is 1. The highest BCUT2D eigenvalue weighted by atomic mass is 32.1. The van der Waals surface area contributed by atoms with Crippen molar-refractivity contribution in [3.63, 3.8) is 0 Å². The van der Waals surface area contributed by atoms with Crippen LogP contribution in [0.15, 0.2) is 5.51 Å². The Balaban J connectivity index is 0.00000102. The summed E-state index contributed by atoms with van der Waals surface area (Å²) in [6.07, 6.45) is 0.0782. The lowest BCUT2D eigenvalue weighted by atomic mass is 10.2. The van der Waals surface area contributed by atoms with Gasteiger partial charge in [-0.25, -0.2) is 9.78 Å². The Morgan fingerprint density at radius 2 is 1.73 bits per heavy atom. The maximum absolute atomic E-state index is 12.0. The standard InChI is InChI=1S/C11H15N3O3S.2C2H6/c1-13-2-4-14(5-3-13)9(15)6-8-10(11(16)17)18-7-12-8;2*1-2/h7H,2-6H2,1H3,(H,16,17);2*1-2H3. The Labute approximate surface area is 136 Å². The SMILES string of the molecule is CC.CC.CN1CCN(C(=O)Cc2ncsc2C(=O)O)CC1. The second-order valence-electron chi connectivity index (χ2n) is 4.29. The average Bonchev–Trinajstić information content (AvgIpc) is 3.00. The Kier molecular flexibility index (Phi) is 10.4. The predicted octanol–water partition coefficient (Wildman–Crippen LogP) is 2.21. The number of likely N-dealkylation sites (N-methyl/N-ethyl adjacent to an activating group) is 1. The van der Waals surface area contributed by atoms with Crippen LogP contribution in [0, 0.1) is 0 Å². The molecule has 126 valence electrons. The van der Waals surface area contributed by atoms with Gasteiger partial charge in [-0.1, -0.05) is 27.7 Å². The Morgan fingerprint density at radius 1 is 1.18 bits per heavy atom. The van der Waals surface area contributed by atoms with E-state index in [0.717, 1.165) is 24.4 Å². The molecule has 1 aliphatic heterocycles. The Morgan fingerprint density at radius 3 is 2.23 bits per heavy atom. The number of thiazole rings is 1. The van der Waals surface area contributed by atoms with E-state index in [4.69, 9.17) is 5.11 Å². The summed E-state index contributed by atoms with van der Waals surface area (Å²) in [7, 11) is 2.02. The summed E-state index contributed by atoms with van der Waals surface area (Å²) in [4.78, 5) is 31.0. The van der Waals surface area contributed by atoms with E-state index in [0.29, 0.717) is 18.8 Å². The number of aromatic nitrogens is 1. The van der Waals surface area contributed by atoms with E-state index in [1.54, 1.807) is 4.90 Å². The number of carboxylic acids is 1. The van der Waals surface area contributed by atoms with Crippen LogP contribution in [0.4, 0.5) is 0 Å². The molecule has 2 heterocycles. The van der Waals surface area contributed by atoms with E-state index in [9.17, 15) is 9.59 Å². The number of piperazine rings is 1. The molecular weight excluding hydrogens is 302 g/mol. The van der Waals surface area contributed by atoms with Crippen molar-refractivity contribution < 1.29 is 14.7 Å². The lowest BCUT2D eigenvalue weighted by Gasteiger charge is -2.32. The van der Waals surface area contributed by atoms with Crippen LogP contribution in [-0.4, -0.2) is 65.0 Å². The van der Waals surface area contributed by atoms with Gasteiger partial charge in [-0.3, -0.25) is 4.79 Å². The van der Waals surface area contributed by atoms with E-state index in [2.05, 4.69) is 9.88 Å². The summed E-state index contributed by atoms with van der Waals surface area (Å²) in [5, 5.41) is 8.95. The molecule has 1 saturated heterocycles. The summed E-state index contributed by atoms with van der Waals surface area (Å²) in [5.41, 5.74) is 1.84. The molecule has 1 aromatic rings. The number of amides is 1. The summed E-state index contributed by atoms with van der Waals surface area (Å²) in [6.45, 7) is 11.1. The van der Waals surface area contributed by atoms with Gasteiger partial charge in [0.1, 0.15) is 4.88 Å². The minimum atomic E-state index is -1.02. The van der Waals surface area contributed by atoms with Crippen LogP contribution in [0.1, 0.15) is 43.1 Å². The molecule has 0 saturated carbocycles. The average molecular weight is 329 g/mol. The molecule has 0 aromatic carbocycles. The molecule has 0 unspecified atom stereocenters. The molecule has 2 rings (SSSR count). The van der Waals surface area contributed by atoms with Crippen molar-refractivity contribution in [2.45, 2.75) is 34.1 Å². The third kappa shape index (κ3) is 6.11. The normalized spacial score (nSPS) is 14.3. The topological polar surface area (TPSA) is 73.7 Å². The summed E-state index contributed by atoms with van der Waals surface area (Å²) >= 11 is 1.06. The number of aromatic carboxylic acids is 1. The van der Waals surface area contributed by atoms with Crippen LogP contribution < -0.4 is 0 Å². The molecule has 0 radical (unpaired) electrons. The minimum absolute atomic E-state index is 0.0449. The van der Waals surface area contributed by atoms with Gasteiger partial charge in [0.2, 0.25) is 5.91 Å². The summed E-state index contributed by atoms with van der Waals surface area (Å²) in [5.74, 6) is -1.06. The largest absolute Gasteiger partial charge is 0.477 e. The highest BCUT2D eigenvalue weighted by molar-refractivity contribution is 7.11. The van der Waals surface area contributed by atoms with Gasteiger partial charge in [-0.2, -0.15) is 0 Å². The summed E-state index contributed by atoms with van der Waals surface area (Å²) in [6, 6.07) is 0. The number of carbonyl (C=O) groups excluding carboxylic acids is 1. The maximum Gasteiger partial charge on any atom is 0.347 e. The predicted molar refractivity (Wildman–Crippen MR) is 89.6 cm³/mol. The molecule has 0 atom stereocenters. The van der Waals surface area contributed by atoms with Crippen LogP contribution in [0.5, 0.6) is 0 Å². The van der Waals surface area contributed by atoms with Crippen molar-refractivity contribution >= 4 is 23.2 Å². The van der Waals surface area contributed by atoms with Gasteiger partial charge in [-0.05, 0) is 7.05 Å². The highest BCUT2D eigenvalue weighted by Gasteiger charge is 2.22. The zero-order valence-electron chi connectivity index (χ0n) is 14.1. The van der Waals surface area contributed by atoms with Gasteiger partial charge in [0.05, 0.1) is 17.6 Å². The number of hydrogen-bond donors (Lipinski definition) is 1. The highest BCUT2D eigenvalue weighted by Crippen LogP contribution is 2.15. The van der Waals surface area contributed by atoms with Crippen LogP contribution in [0.2, 0.25) is 0 Å². The third-order valence-electron chi connectivity index (χ3n) is 3.01. The van der Waals surface area contributed by atoms with Crippen molar-refractivity contribution in [1.29, 1.82) is 0 Å². The molecule has 1 N–H and O–H groups in total. The van der Waals surface area contributed by atoms with E-state index in [-0.39, 0.29) is 17.2 Å². The number of rotatable bonds is 3. The van der Waals surface area contributed by atoms with E-state index >= 15 is 0 Å². The van der Waals surface area contributed by atoms with Gasteiger partial charge in [-0.15, -0.1) is 11.3 Å². The van der Waals surface area contributed by atoms with Gasteiger partial charge < -0.3 is 14.9 Å². The lowest BCUT2D eigenvalue weighted by molar-refractivity contribution is -0.132. The second-order valence-corrected chi connectivity index (χ2v) is 5.15. The van der Waals surface area contributed by atoms with Crippen molar-refractivity contribution in [2.75, 3.05) is 33.2 Å². The van der Waals surface area contributed by atoms with Gasteiger partial charge in [0.15, 0.2) is 0 Å². The van der Waals surface area contributed by atoms with Crippen LogP contribution >= 0.6 is 11.3 Å². The first-order valence-corrected chi connectivity index (χ1v) is 8.58. The fourth-order valence-corrected chi connectivity index (χ4v) is 2.53. The summed E-state index contributed by atoms with van der Waals surface area (Å²) < 4.78 is 0.